The van der Waals surface area contributed by atoms with Gasteiger partial charge in [0.1, 0.15) is 0 Å². The smallest absolute Gasteiger partial charge is 0.319 e. The Labute approximate surface area is 114 Å². The highest BCUT2D eigenvalue weighted by molar-refractivity contribution is 5.96. The summed E-state index contributed by atoms with van der Waals surface area (Å²) in [6, 6.07) is 6.65. The molecule has 0 fully saturated rings. The minimum absolute atomic E-state index is 0.0879. The van der Waals surface area contributed by atoms with E-state index < -0.39 is 0 Å². The van der Waals surface area contributed by atoms with Crippen LogP contribution in [-0.2, 0) is 0 Å². The van der Waals surface area contributed by atoms with Crippen molar-refractivity contribution in [1.29, 1.82) is 0 Å². The number of unbranched alkanes of at least 4 members (excludes halogenated alkanes) is 1. The molecule has 0 saturated carbocycles. The summed E-state index contributed by atoms with van der Waals surface area (Å²) in [7, 11) is 3.39. The van der Waals surface area contributed by atoms with E-state index in [2.05, 4.69) is 17.6 Å². The van der Waals surface area contributed by atoms with Crippen LogP contribution in [0.1, 0.15) is 30.1 Å². The van der Waals surface area contributed by atoms with E-state index in [0.717, 1.165) is 12.8 Å². The van der Waals surface area contributed by atoms with E-state index in [9.17, 15) is 9.59 Å². The standard InChI is InChI=1S/C14H21N3O2/c1-4-5-9-15-14(19)16-12-8-6-7-11(10-12)13(18)17(2)3/h6-8,10H,4-5,9H2,1-3H3,(H2,15,16,19). The molecule has 0 aliphatic carbocycles. The Morgan fingerprint density at radius 1 is 1.26 bits per heavy atom. The fourth-order valence-corrected chi connectivity index (χ4v) is 1.54. The third kappa shape index (κ3) is 4.99. The van der Waals surface area contributed by atoms with Crippen LogP contribution in [-0.4, -0.2) is 37.5 Å². The van der Waals surface area contributed by atoms with Crippen molar-refractivity contribution in [2.45, 2.75) is 19.8 Å². The highest BCUT2D eigenvalue weighted by Gasteiger charge is 2.09. The van der Waals surface area contributed by atoms with Crippen LogP contribution in [0.15, 0.2) is 24.3 Å². The van der Waals surface area contributed by atoms with Crippen molar-refractivity contribution in [2.24, 2.45) is 0 Å². The zero-order valence-corrected chi connectivity index (χ0v) is 11.7. The van der Waals surface area contributed by atoms with Gasteiger partial charge in [-0.25, -0.2) is 4.79 Å². The molecular weight excluding hydrogens is 242 g/mol. The number of carbonyl (C=O) groups excluding carboxylic acids is 2. The SMILES string of the molecule is CCCCNC(=O)Nc1cccc(C(=O)N(C)C)c1. The minimum atomic E-state index is -0.247. The Morgan fingerprint density at radius 3 is 2.63 bits per heavy atom. The maximum Gasteiger partial charge on any atom is 0.319 e. The van der Waals surface area contributed by atoms with Crippen LogP contribution in [0.4, 0.5) is 10.5 Å². The molecule has 19 heavy (non-hydrogen) atoms. The lowest BCUT2D eigenvalue weighted by molar-refractivity contribution is 0.0827. The Morgan fingerprint density at radius 2 is 2.00 bits per heavy atom. The van der Waals surface area contributed by atoms with Crippen molar-refractivity contribution in [2.75, 3.05) is 26.0 Å². The zero-order chi connectivity index (χ0) is 14.3. The molecule has 0 saturated heterocycles. The molecule has 0 aliphatic rings. The lowest BCUT2D eigenvalue weighted by Crippen LogP contribution is -2.29. The van der Waals surface area contributed by atoms with Gasteiger partial charge in [-0.05, 0) is 24.6 Å². The van der Waals surface area contributed by atoms with Gasteiger partial charge in [0.15, 0.2) is 0 Å². The quantitative estimate of drug-likeness (QED) is 0.801. The van der Waals surface area contributed by atoms with E-state index in [1.807, 2.05) is 0 Å². The van der Waals surface area contributed by atoms with E-state index in [4.69, 9.17) is 0 Å². The normalized spacial score (nSPS) is 9.84. The minimum Gasteiger partial charge on any atom is -0.345 e. The average Bonchev–Trinajstić information content (AvgIpc) is 2.38. The molecule has 0 aromatic heterocycles. The first-order valence-corrected chi connectivity index (χ1v) is 6.41. The fraction of sp³-hybridized carbons (Fsp3) is 0.429. The van der Waals surface area contributed by atoms with Crippen LogP contribution in [0.2, 0.25) is 0 Å². The monoisotopic (exact) mass is 263 g/mol. The summed E-state index contributed by atoms with van der Waals surface area (Å²) in [5.74, 6) is -0.0879. The van der Waals surface area contributed by atoms with Crippen molar-refractivity contribution in [3.8, 4) is 0 Å². The Balaban J connectivity index is 2.62. The third-order valence-corrected chi connectivity index (χ3v) is 2.59. The number of amides is 3. The molecule has 0 aliphatic heterocycles. The molecule has 1 aromatic carbocycles. The highest BCUT2D eigenvalue weighted by Crippen LogP contribution is 2.11. The molecule has 0 radical (unpaired) electrons. The predicted octanol–water partition coefficient (Wildman–Crippen LogP) is 2.31. The Kier molecular flexibility index (Phi) is 5.85. The second-order valence-electron chi connectivity index (χ2n) is 4.51. The van der Waals surface area contributed by atoms with Gasteiger partial charge < -0.3 is 15.5 Å². The number of carbonyl (C=O) groups is 2. The molecule has 1 aromatic rings. The van der Waals surface area contributed by atoms with Gasteiger partial charge >= 0.3 is 6.03 Å². The van der Waals surface area contributed by atoms with E-state index >= 15 is 0 Å². The van der Waals surface area contributed by atoms with Crippen LogP contribution in [0, 0.1) is 0 Å². The van der Waals surface area contributed by atoms with E-state index in [1.165, 1.54) is 4.90 Å². The van der Waals surface area contributed by atoms with E-state index in [-0.39, 0.29) is 11.9 Å². The number of urea groups is 1. The summed E-state index contributed by atoms with van der Waals surface area (Å²) in [6.07, 6.45) is 1.99. The molecule has 5 nitrogen and oxygen atoms in total. The number of anilines is 1. The number of nitrogens with zero attached hydrogens (tertiary/aromatic N) is 1. The zero-order valence-electron chi connectivity index (χ0n) is 11.7. The van der Waals surface area contributed by atoms with Crippen molar-refractivity contribution in [3.05, 3.63) is 29.8 Å². The summed E-state index contributed by atoms with van der Waals surface area (Å²) in [5.41, 5.74) is 1.16. The Hall–Kier alpha value is -2.04. The lowest BCUT2D eigenvalue weighted by atomic mass is 10.2. The molecule has 0 heterocycles. The molecule has 104 valence electrons. The highest BCUT2D eigenvalue weighted by atomic mass is 16.2. The summed E-state index contributed by atoms with van der Waals surface area (Å²) in [4.78, 5) is 24.9. The van der Waals surface area contributed by atoms with Crippen LogP contribution in [0.5, 0.6) is 0 Å². The second-order valence-corrected chi connectivity index (χ2v) is 4.51. The third-order valence-electron chi connectivity index (χ3n) is 2.59. The largest absolute Gasteiger partial charge is 0.345 e. The fourth-order valence-electron chi connectivity index (χ4n) is 1.54. The molecular formula is C14H21N3O2. The van der Waals surface area contributed by atoms with Gasteiger partial charge in [0.05, 0.1) is 0 Å². The van der Waals surface area contributed by atoms with Gasteiger partial charge in [0.25, 0.3) is 5.91 Å². The van der Waals surface area contributed by atoms with Gasteiger partial charge in [-0.15, -0.1) is 0 Å². The van der Waals surface area contributed by atoms with Crippen molar-refractivity contribution >= 4 is 17.6 Å². The molecule has 1 rings (SSSR count). The van der Waals surface area contributed by atoms with Gasteiger partial charge in [-0.3, -0.25) is 4.79 Å². The van der Waals surface area contributed by atoms with Crippen molar-refractivity contribution < 1.29 is 9.59 Å². The lowest BCUT2D eigenvalue weighted by Gasteiger charge is -2.12. The summed E-state index contributed by atoms with van der Waals surface area (Å²) in [5, 5.41) is 5.47. The number of hydrogen-bond acceptors (Lipinski definition) is 2. The van der Waals surface area contributed by atoms with Gasteiger partial charge in [0.2, 0.25) is 0 Å². The first kappa shape index (κ1) is 15.0. The maximum atomic E-state index is 11.8. The Bertz CT molecular complexity index is 444. The molecule has 3 amide bonds. The van der Waals surface area contributed by atoms with Crippen LogP contribution in [0.25, 0.3) is 0 Å². The van der Waals surface area contributed by atoms with E-state index in [0.29, 0.717) is 17.8 Å². The summed E-state index contributed by atoms with van der Waals surface area (Å²) < 4.78 is 0. The molecule has 2 N–H and O–H groups in total. The first-order valence-electron chi connectivity index (χ1n) is 6.41. The van der Waals surface area contributed by atoms with Crippen LogP contribution >= 0.6 is 0 Å². The number of hydrogen-bond donors (Lipinski definition) is 2. The van der Waals surface area contributed by atoms with Crippen molar-refractivity contribution in [3.63, 3.8) is 0 Å². The molecule has 0 bridgehead atoms. The topological polar surface area (TPSA) is 61.4 Å². The first-order chi connectivity index (χ1) is 9.04. The number of rotatable bonds is 5. The number of benzene rings is 1. The molecule has 0 atom stereocenters. The average molecular weight is 263 g/mol. The van der Waals surface area contributed by atoms with E-state index in [1.54, 1.807) is 38.4 Å². The second kappa shape index (κ2) is 7.41. The number of nitrogens with one attached hydrogen (secondary N) is 2. The van der Waals surface area contributed by atoms with Gasteiger partial charge in [0, 0.05) is 31.9 Å². The maximum absolute atomic E-state index is 11.8. The van der Waals surface area contributed by atoms with Crippen LogP contribution < -0.4 is 10.6 Å². The molecule has 0 unspecified atom stereocenters. The molecule has 5 heteroatoms. The van der Waals surface area contributed by atoms with Crippen LogP contribution in [0.3, 0.4) is 0 Å². The predicted molar refractivity (Wildman–Crippen MR) is 76.4 cm³/mol. The summed E-state index contributed by atoms with van der Waals surface area (Å²) in [6.45, 7) is 2.72. The summed E-state index contributed by atoms with van der Waals surface area (Å²) >= 11 is 0. The molecule has 0 spiro atoms. The van der Waals surface area contributed by atoms with Gasteiger partial charge in [-0.1, -0.05) is 19.4 Å². The van der Waals surface area contributed by atoms with Gasteiger partial charge in [-0.2, -0.15) is 0 Å². The van der Waals surface area contributed by atoms with Crippen molar-refractivity contribution in [1.82, 2.24) is 10.2 Å².